The number of carboxylic acid groups (broad SMARTS) is 1. The minimum absolute atomic E-state index is 0.135. The van der Waals surface area contributed by atoms with Gasteiger partial charge in [-0.15, -0.1) is 0 Å². The van der Waals surface area contributed by atoms with Gasteiger partial charge in [-0.25, -0.2) is 4.79 Å². The van der Waals surface area contributed by atoms with Gasteiger partial charge in [0, 0.05) is 17.3 Å². The minimum Gasteiger partial charge on any atom is -0.478 e. The summed E-state index contributed by atoms with van der Waals surface area (Å²) in [5.41, 5.74) is 8.41. The van der Waals surface area contributed by atoms with Gasteiger partial charge in [-0.3, -0.25) is 4.98 Å². The van der Waals surface area contributed by atoms with E-state index >= 15 is 0 Å². The van der Waals surface area contributed by atoms with Gasteiger partial charge in [-0.1, -0.05) is 12.1 Å². The van der Waals surface area contributed by atoms with Crippen molar-refractivity contribution in [2.75, 3.05) is 11.1 Å². The second-order valence-corrected chi connectivity index (χ2v) is 4.58. The molecule has 5 nitrogen and oxygen atoms in total. The van der Waals surface area contributed by atoms with E-state index in [1.165, 1.54) is 6.07 Å². The van der Waals surface area contributed by atoms with Crippen LogP contribution >= 0.6 is 0 Å². The van der Waals surface area contributed by atoms with E-state index < -0.39 is 5.97 Å². The molecule has 21 heavy (non-hydrogen) atoms. The van der Waals surface area contributed by atoms with Crippen LogP contribution in [0, 0.1) is 0 Å². The number of benzene rings is 2. The van der Waals surface area contributed by atoms with Gasteiger partial charge in [0.2, 0.25) is 0 Å². The molecular weight excluding hydrogens is 266 g/mol. The van der Waals surface area contributed by atoms with E-state index in [-0.39, 0.29) is 5.56 Å². The van der Waals surface area contributed by atoms with Crippen LogP contribution in [0.25, 0.3) is 10.9 Å². The molecule has 104 valence electrons. The molecule has 0 amide bonds. The molecular formula is C16H13N3O2. The molecule has 3 rings (SSSR count). The van der Waals surface area contributed by atoms with Crippen LogP contribution in [0.4, 0.5) is 17.1 Å². The normalized spacial score (nSPS) is 10.5. The number of hydrogen-bond acceptors (Lipinski definition) is 4. The first-order chi connectivity index (χ1) is 10.2. The maximum Gasteiger partial charge on any atom is 0.337 e. The fourth-order valence-electron chi connectivity index (χ4n) is 2.23. The smallest absolute Gasteiger partial charge is 0.337 e. The van der Waals surface area contributed by atoms with Crippen molar-refractivity contribution in [3.63, 3.8) is 0 Å². The first-order valence-electron chi connectivity index (χ1n) is 6.39. The molecule has 0 aliphatic heterocycles. The molecule has 0 radical (unpaired) electrons. The second-order valence-electron chi connectivity index (χ2n) is 4.58. The first kappa shape index (κ1) is 12.9. The first-order valence-corrected chi connectivity index (χ1v) is 6.39. The van der Waals surface area contributed by atoms with E-state index in [1.54, 1.807) is 18.3 Å². The number of rotatable bonds is 3. The van der Waals surface area contributed by atoms with E-state index in [1.807, 2.05) is 30.3 Å². The Morgan fingerprint density at radius 2 is 1.90 bits per heavy atom. The molecule has 0 saturated heterocycles. The SMILES string of the molecule is Nc1cccc(C(=O)O)c1Nc1cccc2ncccc12. The van der Waals surface area contributed by atoms with Gasteiger partial charge >= 0.3 is 5.97 Å². The molecule has 0 aliphatic carbocycles. The summed E-state index contributed by atoms with van der Waals surface area (Å²) >= 11 is 0. The molecule has 4 N–H and O–H groups in total. The number of hydrogen-bond donors (Lipinski definition) is 3. The third-order valence-corrected chi connectivity index (χ3v) is 3.23. The van der Waals surface area contributed by atoms with Crippen molar-refractivity contribution in [1.29, 1.82) is 0 Å². The number of carboxylic acids is 1. The molecule has 0 spiro atoms. The molecule has 5 heteroatoms. The molecule has 0 fully saturated rings. The number of pyridine rings is 1. The lowest BCUT2D eigenvalue weighted by Crippen LogP contribution is -2.06. The zero-order chi connectivity index (χ0) is 14.8. The number of nitrogens with one attached hydrogen (secondary N) is 1. The largest absolute Gasteiger partial charge is 0.478 e. The number of nitrogen functional groups attached to an aromatic ring is 1. The van der Waals surface area contributed by atoms with Crippen molar-refractivity contribution < 1.29 is 9.90 Å². The third-order valence-electron chi connectivity index (χ3n) is 3.23. The van der Waals surface area contributed by atoms with Crippen molar-refractivity contribution >= 4 is 33.9 Å². The number of nitrogens with two attached hydrogens (primary N) is 1. The van der Waals surface area contributed by atoms with Crippen LogP contribution in [0.15, 0.2) is 54.7 Å². The predicted molar refractivity (Wildman–Crippen MR) is 82.8 cm³/mol. The highest BCUT2D eigenvalue weighted by Gasteiger charge is 2.13. The molecule has 3 aromatic rings. The summed E-state index contributed by atoms with van der Waals surface area (Å²) in [5.74, 6) is -1.02. The molecule has 0 aliphatic rings. The molecule has 0 saturated carbocycles. The van der Waals surface area contributed by atoms with Gasteiger partial charge in [-0.05, 0) is 36.4 Å². The highest BCUT2D eigenvalue weighted by atomic mass is 16.4. The Hall–Kier alpha value is -3.08. The Balaban J connectivity index is 2.13. The standard InChI is InChI=1S/C16H13N3O2/c17-12-6-1-4-11(16(20)21)15(12)19-14-8-2-7-13-10(14)5-3-9-18-13/h1-9,19H,17H2,(H,20,21). The Morgan fingerprint density at radius 3 is 2.71 bits per heavy atom. The van der Waals surface area contributed by atoms with Crippen molar-refractivity contribution in [3.8, 4) is 0 Å². The van der Waals surface area contributed by atoms with Crippen LogP contribution < -0.4 is 11.1 Å². The van der Waals surface area contributed by atoms with Crippen LogP contribution in [-0.2, 0) is 0 Å². The van der Waals surface area contributed by atoms with E-state index in [0.29, 0.717) is 11.4 Å². The average molecular weight is 279 g/mol. The lowest BCUT2D eigenvalue weighted by atomic mass is 10.1. The summed E-state index contributed by atoms with van der Waals surface area (Å²) in [6.45, 7) is 0. The fraction of sp³-hybridized carbons (Fsp3) is 0. The Bertz CT molecular complexity index is 825. The predicted octanol–water partition coefficient (Wildman–Crippen LogP) is 3.26. The lowest BCUT2D eigenvalue weighted by Gasteiger charge is -2.14. The average Bonchev–Trinajstić information content (AvgIpc) is 2.49. The summed E-state index contributed by atoms with van der Waals surface area (Å²) in [7, 11) is 0. The van der Waals surface area contributed by atoms with Crippen LogP contribution in [0.2, 0.25) is 0 Å². The van der Waals surface area contributed by atoms with E-state index in [9.17, 15) is 9.90 Å². The van der Waals surface area contributed by atoms with E-state index in [0.717, 1.165) is 16.6 Å². The molecule has 1 aromatic heterocycles. The van der Waals surface area contributed by atoms with Gasteiger partial charge in [0.15, 0.2) is 0 Å². The molecule has 2 aromatic carbocycles. The number of fused-ring (bicyclic) bond motifs is 1. The highest BCUT2D eigenvalue weighted by Crippen LogP contribution is 2.30. The number of carbonyl (C=O) groups is 1. The number of para-hydroxylation sites is 1. The summed E-state index contributed by atoms with van der Waals surface area (Å²) in [5, 5.41) is 13.3. The maximum atomic E-state index is 11.3. The number of nitrogens with zero attached hydrogens (tertiary/aromatic N) is 1. The van der Waals surface area contributed by atoms with E-state index in [2.05, 4.69) is 10.3 Å². The molecule has 1 heterocycles. The van der Waals surface area contributed by atoms with Gasteiger partial charge in [0.25, 0.3) is 0 Å². The van der Waals surface area contributed by atoms with Crippen LogP contribution in [0.1, 0.15) is 10.4 Å². The molecule has 0 atom stereocenters. The Labute approximate surface area is 121 Å². The third kappa shape index (κ3) is 2.36. The van der Waals surface area contributed by atoms with Crippen LogP contribution in [0.5, 0.6) is 0 Å². The van der Waals surface area contributed by atoms with Gasteiger partial charge in [-0.2, -0.15) is 0 Å². The summed E-state index contributed by atoms with van der Waals surface area (Å²) < 4.78 is 0. The zero-order valence-corrected chi connectivity index (χ0v) is 11.1. The quantitative estimate of drug-likeness (QED) is 0.640. The van der Waals surface area contributed by atoms with Gasteiger partial charge in [0.1, 0.15) is 0 Å². The number of aromatic carboxylic acids is 1. The second kappa shape index (κ2) is 5.13. The summed E-state index contributed by atoms with van der Waals surface area (Å²) in [6.07, 6.45) is 1.71. The van der Waals surface area contributed by atoms with Gasteiger partial charge < -0.3 is 16.2 Å². The highest BCUT2D eigenvalue weighted by molar-refractivity contribution is 6.01. The maximum absolute atomic E-state index is 11.3. The molecule has 0 bridgehead atoms. The topological polar surface area (TPSA) is 88.2 Å². The van der Waals surface area contributed by atoms with Crippen molar-refractivity contribution in [2.24, 2.45) is 0 Å². The van der Waals surface area contributed by atoms with Crippen LogP contribution in [0.3, 0.4) is 0 Å². The number of aromatic nitrogens is 1. The van der Waals surface area contributed by atoms with Crippen molar-refractivity contribution in [3.05, 3.63) is 60.3 Å². The van der Waals surface area contributed by atoms with E-state index in [4.69, 9.17) is 5.73 Å². The molecule has 0 unspecified atom stereocenters. The van der Waals surface area contributed by atoms with Gasteiger partial charge in [0.05, 0.1) is 22.5 Å². The van der Waals surface area contributed by atoms with Crippen molar-refractivity contribution in [1.82, 2.24) is 4.98 Å². The Kier molecular flexibility index (Phi) is 3.16. The number of anilines is 3. The lowest BCUT2D eigenvalue weighted by molar-refractivity contribution is 0.0698. The zero-order valence-electron chi connectivity index (χ0n) is 11.1. The minimum atomic E-state index is -1.02. The van der Waals surface area contributed by atoms with Crippen molar-refractivity contribution in [2.45, 2.75) is 0 Å². The van der Waals surface area contributed by atoms with Crippen LogP contribution in [-0.4, -0.2) is 16.1 Å². The monoisotopic (exact) mass is 279 g/mol. The fourth-order valence-corrected chi connectivity index (χ4v) is 2.23. The summed E-state index contributed by atoms with van der Waals surface area (Å²) in [6, 6.07) is 14.2. The summed E-state index contributed by atoms with van der Waals surface area (Å²) in [4.78, 5) is 15.6. The Morgan fingerprint density at radius 1 is 1.10 bits per heavy atom.